The normalized spacial score (nSPS) is 23.8. The SMILES string of the molecule is CC1(C(=O)NCCC(CCC(=O)O)C(C)(C)C)CCCO1. The van der Waals surface area contributed by atoms with Gasteiger partial charge in [0.1, 0.15) is 5.60 Å². The summed E-state index contributed by atoms with van der Waals surface area (Å²) >= 11 is 0. The van der Waals surface area contributed by atoms with Crippen molar-refractivity contribution in [3.63, 3.8) is 0 Å². The highest BCUT2D eigenvalue weighted by Gasteiger charge is 2.37. The fraction of sp³-hybridized carbons (Fsp3) is 0.875. The molecule has 1 heterocycles. The molecule has 1 aliphatic heterocycles. The van der Waals surface area contributed by atoms with Crippen LogP contribution in [0.3, 0.4) is 0 Å². The molecule has 2 unspecified atom stereocenters. The molecule has 1 aliphatic rings. The molecule has 0 spiro atoms. The van der Waals surface area contributed by atoms with E-state index in [0.717, 1.165) is 19.3 Å². The van der Waals surface area contributed by atoms with E-state index < -0.39 is 11.6 Å². The number of carbonyl (C=O) groups excluding carboxylic acids is 1. The Kier molecular flexibility index (Phi) is 6.20. The Morgan fingerprint density at radius 1 is 1.33 bits per heavy atom. The summed E-state index contributed by atoms with van der Waals surface area (Å²) in [4.78, 5) is 22.9. The van der Waals surface area contributed by atoms with Gasteiger partial charge < -0.3 is 15.2 Å². The summed E-state index contributed by atoms with van der Waals surface area (Å²) in [5, 5.41) is 11.8. The molecule has 0 aromatic heterocycles. The molecule has 0 aromatic carbocycles. The third kappa shape index (κ3) is 5.65. The summed E-state index contributed by atoms with van der Waals surface area (Å²) in [6, 6.07) is 0. The average molecular weight is 299 g/mol. The zero-order chi connectivity index (χ0) is 16.1. The second-order valence-electron chi connectivity index (χ2n) is 7.22. The second-order valence-corrected chi connectivity index (χ2v) is 7.22. The fourth-order valence-electron chi connectivity index (χ4n) is 2.81. The lowest BCUT2D eigenvalue weighted by Crippen LogP contribution is -2.44. The number of amides is 1. The van der Waals surface area contributed by atoms with Gasteiger partial charge in [0.15, 0.2) is 0 Å². The number of carboxylic acid groups (broad SMARTS) is 1. The topological polar surface area (TPSA) is 75.6 Å². The molecule has 0 radical (unpaired) electrons. The number of aliphatic carboxylic acids is 1. The number of carboxylic acids is 1. The highest BCUT2D eigenvalue weighted by atomic mass is 16.5. The molecule has 1 fully saturated rings. The lowest BCUT2D eigenvalue weighted by Gasteiger charge is -2.31. The summed E-state index contributed by atoms with van der Waals surface area (Å²) in [7, 11) is 0. The Hall–Kier alpha value is -1.10. The first-order valence-corrected chi connectivity index (χ1v) is 7.79. The van der Waals surface area contributed by atoms with Gasteiger partial charge in [0.2, 0.25) is 0 Å². The van der Waals surface area contributed by atoms with Crippen LogP contribution in [0.1, 0.15) is 59.8 Å². The molecule has 2 N–H and O–H groups in total. The number of carbonyl (C=O) groups is 2. The van der Waals surface area contributed by atoms with E-state index in [9.17, 15) is 9.59 Å². The maximum absolute atomic E-state index is 12.1. The molecule has 1 rings (SSSR count). The van der Waals surface area contributed by atoms with Gasteiger partial charge in [0.25, 0.3) is 5.91 Å². The monoisotopic (exact) mass is 299 g/mol. The van der Waals surface area contributed by atoms with Crippen molar-refractivity contribution < 1.29 is 19.4 Å². The zero-order valence-electron chi connectivity index (χ0n) is 13.7. The molecular formula is C16H29NO4. The highest BCUT2D eigenvalue weighted by Crippen LogP contribution is 2.32. The van der Waals surface area contributed by atoms with E-state index in [1.165, 1.54) is 0 Å². The van der Waals surface area contributed by atoms with Crippen molar-refractivity contribution in [1.82, 2.24) is 5.32 Å². The standard InChI is InChI=1S/C16H29NO4/c1-15(2,3)12(6-7-13(18)19)8-10-17-14(20)16(4)9-5-11-21-16/h12H,5-11H2,1-4H3,(H,17,20)(H,18,19). The van der Waals surface area contributed by atoms with Crippen LogP contribution in [0.15, 0.2) is 0 Å². The molecule has 0 aromatic rings. The van der Waals surface area contributed by atoms with Gasteiger partial charge in [-0.15, -0.1) is 0 Å². The Morgan fingerprint density at radius 2 is 2.00 bits per heavy atom. The van der Waals surface area contributed by atoms with Gasteiger partial charge in [-0.1, -0.05) is 20.8 Å². The first-order chi connectivity index (χ1) is 9.65. The molecule has 1 saturated heterocycles. The summed E-state index contributed by atoms with van der Waals surface area (Å²) in [5.41, 5.74) is -0.647. The van der Waals surface area contributed by atoms with E-state index in [4.69, 9.17) is 9.84 Å². The van der Waals surface area contributed by atoms with Gasteiger partial charge in [-0.05, 0) is 43.9 Å². The minimum absolute atomic E-state index is 0.0357. The van der Waals surface area contributed by atoms with E-state index in [2.05, 4.69) is 26.1 Å². The number of ether oxygens (including phenoxy) is 1. The third-order valence-corrected chi connectivity index (χ3v) is 4.41. The smallest absolute Gasteiger partial charge is 0.303 e. The quantitative estimate of drug-likeness (QED) is 0.757. The van der Waals surface area contributed by atoms with Crippen molar-refractivity contribution in [3.8, 4) is 0 Å². The predicted octanol–water partition coefficient (Wildman–Crippen LogP) is 2.59. The number of hydrogen-bond donors (Lipinski definition) is 2. The van der Waals surface area contributed by atoms with Gasteiger partial charge in [-0.3, -0.25) is 9.59 Å². The summed E-state index contributed by atoms with van der Waals surface area (Å²) in [6.45, 7) is 9.39. The van der Waals surface area contributed by atoms with Crippen molar-refractivity contribution in [1.29, 1.82) is 0 Å². The highest BCUT2D eigenvalue weighted by molar-refractivity contribution is 5.84. The van der Waals surface area contributed by atoms with Gasteiger partial charge in [-0.2, -0.15) is 0 Å². The van der Waals surface area contributed by atoms with E-state index in [1.54, 1.807) is 0 Å². The van der Waals surface area contributed by atoms with Gasteiger partial charge in [0, 0.05) is 19.6 Å². The van der Waals surface area contributed by atoms with Crippen LogP contribution in [0.4, 0.5) is 0 Å². The molecular weight excluding hydrogens is 270 g/mol. The van der Waals surface area contributed by atoms with Crippen molar-refractivity contribution in [2.24, 2.45) is 11.3 Å². The van der Waals surface area contributed by atoms with Crippen molar-refractivity contribution >= 4 is 11.9 Å². The fourth-order valence-corrected chi connectivity index (χ4v) is 2.81. The molecule has 1 amide bonds. The Labute approximate surface area is 127 Å². The first kappa shape index (κ1) is 18.0. The maximum atomic E-state index is 12.1. The van der Waals surface area contributed by atoms with E-state index in [1.807, 2.05) is 6.92 Å². The molecule has 122 valence electrons. The van der Waals surface area contributed by atoms with Crippen LogP contribution in [0.25, 0.3) is 0 Å². The van der Waals surface area contributed by atoms with Crippen LogP contribution in [-0.4, -0.2) is 35.7 Å². The lowest BCUT2D eigenvalue weighted by molar-refractivity contribution is -0.140. The molecule has 2 atom stereocenters. The molecule has 5 heteroatoms. The largest absolute Gasteiger partial charge is 0.481 e. The van der Waals surface area contributed by atoms with Crippen molar-refractivity contribution in [2.75, 3.05) is 13.2 Å². The Morgan fingerprint density at radius 3 is 2.48 bits per heavy atom. The predicted molar refractivity (Wildman–Crippen MR) is 81.0 cm³/mol. The van der Waals surface area contributed by atoms with Gasteiger partial charge >= 0.3 is 5.97 Å². The number of hydrogen-bond acceptors (Lipinski definition) is 3. The zero-order valence-corrected chi connectivity index (χ0v) is 13.7. The summed E-state index contributed by atoms with van der Waals surface area (Å²) < 4.78 is 5.52. The third-order valence-electron chi connectivity index (χ3n) is 4.41. The molecule has 5 nitrogen and oxygen atoms in total. The molecule has 0 saturated carbocycles. The van der Waals surface area contributed by atoms with E-state index in [-0.39, 0.29) is 23.7 Å². The first-order valence-electron chi connectivity index (χ1n) is 7.79. The van der Waals surface area contributed by atoms with Gasteiger partial charge in [0.05, 0.1) is 0 Å². The Balaban J connectivity index is 2.42. The number of nitrogens with one attached hydrogen (secondary N) is 1. The minimum Gasteiger partial charge on any atom is -0.481 e. The van der Waals surface area contributed by atoms with Crippen molar-refractivity contribution in [2.45, 2.75) is 65.4 Å². The van der Waals surface area contributed by atoms with Crippen LogP contribution in [0, 0.1) is 11.3 Å². The summed E-state index contributed by atoms with van der Waals surface area (Å²) in [6.07, 6.45) is 3.30. The Bertz CT molecular complexity index is 367. The van der Waals surface area contributed by atoms with Crippen LogP contribution >= 0.6 is 0 Å². The minimum atomic E-state index is -0.764. The van der Waals surface area contributed by atoms with E-state index >= 15 is 0 Å². The summed E-state index contributed by atoms with van der Waals surface area (Å²) in [5.74, 6) is -0.544. The lowest BCUT2D eigenvalue weighted by atomic mass is 9.76. The van der Waals surface area contributed by atoms with E-state index in [0.29, 0.717) is 19.6 Å². The molecule has 0 bridgehead atoms. The maximum Gasteiger partial charge on any atom is 0.303 e. The van der Waals surface area contributed by atoms with Gasteiger partial charge in [-0.25, -0.2) is 0 Å². The average Bonchev–Trinajstić information content (AvgIpc) is 2.79. The van der Waals surface area contributed by atoms with Crippen LogP contribution in [0.2, 0.25) is 0 Å². The van der Waals surface area contributed by atoms with Crippen LogP contribution in [-0.2, 0) is 14.3 Å². The van der Waals surface area contributed by atoms with Crippen LogP contribution < -0.4 is 5.32 Å². The second kappa shape index (κ2) is 7.25. The van der Waals surface area contributed by atoms with Crippen molar-refractivity contribution in [3.05, 3.63) is 0 Å². The molecule has 0 aliphatic carbocycles. The molecule has 21 heavy (non-hydrogen) atoms. The van der Waals surface area contributed by atoms with Crippen LogP contribution in [0.5, 0.6) is 0 Å². The number of rotatable bonds is 7.